The van der Waals surface area contributed by atoms with Gasteiger partial charge >= 0.3 is 0 Å². The van der Waals surface area contributed by atoms with E-state index in [1.165, 1.54) is 11.1 Å². The van der Waals surface area contributed by atoms with Gasteiger partial charge in [-0.25, -0.2) is 0 Å². The van der Waals surface area contributed by atoms with Crippen LogP contribution in [0, 0.1) is 0 Å². The molecule has 1 aliphatic carbocycles. The summed E-state index contributed by atoms with van der Waals surface area (Å²) in [6, 6.07) is 8.37. The zero-order valence-electron chi connectivity index (χ0n) is 7.05. The van der Waals surface area contributed by atoms with Crippen LogP contribution in [0.15, 0.2) is 24.3 Å². The molecule has 0 spiro atoms. The monoisotopic (exact) mass is 160 g/mol. The zero-order valence-corrected chi connectivity index (χ0v) is 7.05. The molecule has 1 aromatic rings. The smallest absolute Gasteiger partial charge is 0.137 e. The fourth-order valence-corrected chi connectivity index (χ4v) is 1.70. The minimum Gasteiger partial charge on any atom is -0.299 e. The van der Waals surface area contributed by atoms with Crippen molar-refractivity contribution < 1.29 is 4.79 Å². The normalized spacial score (nSPS) is 16.8. The van der Waals surface area contributed by atoms with Crippen molar-refractivity contribution in [3.63, 3.8) is 0 Å². The van der Waals surface area contributed by atoms with Crippen molar-refractivity contribution >= 4 is 5.78 Å². The number of hydrogen-bond donors (Lipinski definition) is 0. The average Bonchev–Trinajstić information content (AvgIpc) is 2.03. The first-order valence-corrected chi connectivity index (χ1v) is 4.44. The maximum absolute atomic E-state index is 11.2. The summed E-state index contributed by atoms with van der Waals surface area (Å²) in [7, 11) is 0. The van der Waals surface area contributed by atoms with Crippen LogP contribution in [0.25, 0.3) is 0 Å². The van der Waals surface area contributed by atoms with E-state index in [2.05, 4.69) is 12.1 Å². The topological polar surface area (TPSA) is 17.1 Å². The largest absolute Gasteiger partial charge is 0.299 e. The van der Waals surface area contributed by atoms with Gasteiger partial charge in [-0.15, -0.1) is 0 Å². The molecule has 0 aromatic heterocycles. The maximum atomic E-state index is 11.2. The van der Waals surface area contributed by atoms with Crippen LogP contribution in [0.2, 0.25) is 0 Å². The zero-order chi connectivity index (χ0) is 8.39. The van der Waals surface area contributed by atoms with Gasteiger partial charge in [-0.1, -0.05) is 24.3 Å². The van der Waals surface area contributed by atoms with Crippen LogP contribution < -0.4 is 0 Å². The highest BCUT2D eigenvalue weighted by molar-refractivity contribution is 5.81. The molecular weight excluding hydrogens is 148 g/mol. The quantitative estimate of drug-likeness (QED) is 0.568. The molecule has 62 valence electrons. The molecule has 0 N–H and O–H groups in total. The van der Waals surface area contributed by atoms with E-state index in [4.69, 9.17) is 0 Å². The summed E-state index contributed by atoms with van der Waals surface area (Å²) in [5.41, 5.74) is 2.55. The second kappa shape index (κ2) is 3.10. The Morgan fingerprint density at radius 1 is 1.08 bits per heavy atom. The van der Waals surface area contributed by atoms with Crippen LogP contribution in [0.4, 0.5) is 0 Å². The van der Waals surface area contributed by atoms with Crippen LogP contribution in [-0.2, 0) is 17.6 Å². The van der Waals surface area contributed by atoms with Crippen molar-refractivity contribution in [1.29, 1.82) is 0 Å². The Morgan fingerprint density at radius 3 is 2.83 bits per heavy atom. The molecule has 0 unspecified atom stereocenters. The van der Waals surface area contributed by atoms with Gasteiger partial charge in [-0.3, -0.25) is 4.79 Å². The van der Waals surface area contributed by atoms with Gasteiger partial charge in [0, 0.05) is 12.8 Å². The molecule has 0 aliphatic heterocycles. The number of benzene rings is 1. The van der Waals surface area contributed by atoms with E-state index in [0.717, 1.165) is 19.3 Å². The van der Waals surface area contributed by atoms with Crippen molar-refractivity contribution in [2.24, 2.45) is 0 Å². The van der Waals surface area contributed by atoms with E-state index in [0.29, 0.717) is 12.2 Å². The molecule has 1 aromatic carbocycles. The standard InChI is InChI=1S/C11H12O/c12-11-6-2-4-9-3-1-5-10(7-9)8-11/h1,3,5,7H,2,4,6,8H2. The van der Waals surface area contributed by atoms with E-state index in [-0.39, 0.29) is 0 Å². The number of rotatable bonds is 0. The van der Waals surface area contributed by atoms with Crippen molar-refractivity contribution in [1.82, 2.24) is 0 Å². The fraction of sp³-hybridized carbons (Fsp3) is 0.364. The Labute approximate surface area is 72.4 Å². The Kier molecular flexibility index (Phi) is 1.94. The average molecular weight is 160 g/mol. The van der Waals surface area contributed by atoms with Gasteiger partial charge in [-0.2, -0.15) is 0 Å². The first-order valence-electron chi connectivity index (χ1n) is 4.44. The Bertz CT molecular complexity index is 302. The van der Waals surface area contributed by atoms with Crippen LogP contribution in [0.1, 0.15) is 24.0 Å². The molecule has 1 aliphatic rings. The van der Waals surface area contributed by atoms with E-state index >= 15 is 0 Å². The number of ketones is 1. The van der Waals surface area contributed by atoms with Crippen molar-refractivity contribution in [2.45, 2.75) is 25.7 Å². The molecule has 1 heteroatoms. The van der Waals surface area contributed by atoms with Crippen molar-refractivity contribution in [3.8, 4) is 0 Å². The predicted octanol–water partition coefficient (Wildman–Crippen LogP) is 2.13. The van der Waals surface area contributed by atoms with Crippen LogP contribution in [-0.4, -0.2) is 5.78 Å². The summed E-state index contributed by atoms with van der Waals surface area (Å²) in [5, 5.41) is 0. The van der Waals surface area contributed by atoms with Gasteiger partial charge in [-0.05, 0) is 24.0 Å². The molecule has 0 radical (unpaired) electrons. The Morgan fingerprint density at radius 2 is 1.92 bits per heavy atom. The summed E-state index contributed by atoms with van der Waals surface area (Å²) >= 11 is 0. The van der Waals surface area contributed by atoms with Gasteiger partial charge in [0.05, 0.1) is 0 Å². The second-order valence-corrected chi connectivity index (χ2v) is 3.39. The van der Waals surface area contributed by atoms with Crippen LogP contribution >= 0.6 is 0 Å². The molecular formula is C11H12O. The number of carbonyl (C=O) groups excluding carboxylic acids is 1. The van der Waals surface area contributed by atoms with Crippen LogP contribution in [0.5, 0.6) is 0 Å². The van der Waals surface area contributed by atoms with Gasteiger partial charge in [0.25, 0.3) is 0 Å². The SMILES string of the molecule is O=C1CCCc2cccc(c2)C1. The molecule has 1 nitrogen and oxygen atoms in total. The third kappa shape index (κ3) is 1.55. The molecule has 0 atom stereocenters. The predicted molar refractivity (Wildman–Crippen MR) is 48.1 cm³/mol. The van der Waals surface area contributed by atoms with E-state index in [9.17, 15) is 4.79 Å². The number of hydrogen-bond acceptors (Lipinski definition) is 1. The van der Waals surface area contributed by atoms with Crippen molar-refractivity contribution in [2.75, 3.05) is 0 Å². The molecule has 0 saturated heterocycles. The highest BCUT2D eigenvalue weighted by Crippen LogP contribution is 2.14. The molecule has 12 heavy (non-hydrogen) atoms. The number of carbonyl (C=O) groups is 1. The molecule has 0 fully saturated rings. The van der Waals surface area contributed by atoms with Crippen molar-refractivity contribution in [3.05, 3.63) is 35.4 Å². The summed E-state index contributed by atoms with van der Waals surface area (Å²) in [4.78, 5) is 11.2. The summed E-state index contributed by atoms with van der Waals surface area (Å²) in [6.07, 6.45) is 3.46. The summed E-state index contributed by atoms with van der Waals surface area (Å²) in [6.45, 7) is 0. The highest BCUT2D eigenvalue weighted by Gasteiger charge is 2.07. The van der Waals surface area contributed by atoms with Gasteiger partial charge in [0.2, 0.25) is 0 Å². The molecule has 2 rings (SSSR count). The highest BCUT2D eigenvalue weighted by atomic mass is 16.1. The van der Waals surface area contributed by atoms with Gasteiger partial charge in [0.1, 0.15) is 5.78 Å². The molecule has 0 amide bonds. The third-order valence-corrected chi connectivity index (χ3v) is 2.31. The van der Waals surface area contributed by atoms with E-state index < -0.39 is 0 Å². The summed E-state index contributed by atoms with van der Waals surface area (Å²) < 4.78 is 0. The Balaban J connectivity index is 2.34. The first-order chi connectivity index (χ1) is 5.84. The fourth-order valence-electron chi connectivity index (χ4n) is 1.70. The summed E-state index contributed by atoms with van der Waals surface area (Å²) in [5.74, 6) is 0.381. The number of Topliss-reactive ketones (excluding diaryl/α,β-unsaturated/α-hetero) is 1. The van der Waals surface area contributed by atoms with E-state index in [1.807, 2.05) is 12.1 Å². The molecule has 2 bridgehead atoms. The minimum absolute atomic E-state index is 0.381. The number of aryl methyl sites for hydroxylation is 1. The minimum atomic E-state index is 0.381. The Hall–Kier alpha value is -1.11. The van der Waals surface area contributed by atoms with Gasteiger partial charge < -0.3 is 0 Å². The lowest BCUT2D eigenvalue weighted by atomic mass is 9.96. The lowest BCUT2D eigenvalue weighted by molar-refractivity contribution is -0.118. The molecule has 0 saturated carbocycles. The number of fused-ring (bicyclic) bond motifs is 2. The van der Waals surface area contributed by atoms with Crippen LogP contribution in [0.3, 0.4) is 0 Å². The first kappa shape index (κ1) is 7.53. The van der Waals surface area contributed by atoms with E-state index in [1.54, 1.807) is 0 Å². The lowest BCUT2D eigenvalue weighted by Gasteiger charge is -2.08. The maximum Gasteiger partial charge on any atom is 0.137 e. The third-order valence-electron chi connectivity index (χ3n) is 2.31. The molecule has 0 heterocycles. The second-order valence-electron chi connectivity index (χ2n) is 3.39. The lowest BCUT2D eigenvalue weighted by Crippen LogP contribution is -2.06. The van der Waals surface area contributed by atoms with Gasteiger partial charge in [0.15, 0.2) is 0 Å².